The fraction of sp³-hybridized carbons (Fsp3) is 0.706. The van der Waals surface area contributed by atoms with Crippen molar-refractivity contribution in [2.75, 3.05) is 19.8 Å². The first-order valence-electron chi connectivity index (χ1n) is 9.66. The van der Waals surface area contributed by atoms with Crippen LogP contribution in [0.5, 0.6) is 0 Å². The Balaban J connectivity index is 5.12. The molecular formula is C17H32N6O8. The van der Waals surface area contributed by atoms with Gasteiger partial charge in [0.25, 0.3) is 0 Å². The molecule has 0 saturated heterocycles. The van der Waals surface area contributed by atoms with Gasteiger partial charge >= 0.3 is 5.97 Å². The van der Waals surface area contributed by atoms with Crippen LogP contribution in [0.2, 0.25) is 0 Å². The molecule has 4 amide bonds. The second-order valence-corrected chi connectivity index (χ2v) is 6.78. The highest BCUT2D eigenvalue weighted by molar-refractivity contribution is 5.94. The summed E-state index contributed by atoms with van der Waals surface area (Å²) in [6.45, 7) is -1.34. The smallest absolute Gasteiger partial charge is 0.328 e. The summed E-state index contributed by atoms with van der Waals surface area (Å²) < 4.78 is 0. The van der Waals surface area contributed by atoms with Gasteiger partial charge in [0.15, 0.2) is 0 Å². The summed E-state index contributed by atoms with van der Waals surface area (Å²) in [7, 11) is 0. The van der Waals surface area contributed by atoms with Gasteiger partial charge in [-0.2, -0.15) is 0 Å². The molecular weight excluding hydrogens is 416 g/mol. The second kappa shape index (κ2) is 15.1. The third-order valence-corrected chi connectivity index (χ3v) is 4.23. The lowest BCUT2D eigenvalue weighted by Gasteiger charge is -2.24. The van der Waals surface area contributed by atoms with Crippen LogP contribution in [0, 0.1) is 0 Å². The first-order valence-corrected chi connectivity index (χ1v) is 9.66. The number of carbonyl (C=O) groups is 5. The number of aliphatic hydroxyl groups is 2. The molecule has 0 aliphatic rings. The molecule has 0 heterocycles. The molecule has 4 unspecified atom stereocenters. The van der Waals surface area contributed by atoms with E-state index in [4.69, 9.17) is 27.4 Å². The van der Waals surface area contributed by atoms with Gasteiger partial charge in [0.05, 0.1) is 19.3 Å². The van der Waals surface area contributed by atoms with Crippen LogP contribution < -0.4 is 33.2 Å². The third kappa shape index (κ3) is 11.2. The number of hydrogen-bond donors (Lipinski definition) is 9. The maximum atomic E-state index is 12.5. The van der Waals surface area contributed by atoms with E-state index >= 15 is 0 Å². The summed E-state index contributed by atoms with van der Waals surface area (Å²) in [5, 5.41) is 34.1. The van der Waals surface area contributed by atoms with E-state index in [1.54, 1.807) is 0 Å². The number of primary amides is 1. The molecule has 0 radical (unpaired) electrons. The van der Waals surface area contributed by atoms with Crippen LogP contribution in [0.4, 0.5) is 0 Å². The minimum Gasteiger partial charge on any atom is -0.480 e. The van der Waals surface area contributed by atoms with Crippen LogP contribution in [0.15, 0.2) is 0 Å². The number of nitrogens with one attached hydrogen (secondary N) is 3. The zero-order valence-corrected chi connectivity index (χ0v) is 17.1. The number of aliphatic hydroxyl groups excluding tert-OH is 2. The van der Waals surface area contributed by atoms with E-state index in [2.05, 4.69) is 16.0 Å². The van der Waals surface area contributed by atoms with Crippen molar-refractivity contribution in [1.29, 1.82) is 0 Å². The van der Waals surface area contributed by atoms with Crippen LogP contribution in [0.25, 0.3) is 0 Å². The molecule has 0 aliphatic carbocycles. The number of carbonyl (C=O) groups excluding carboxylic acids is 4. The molecule has 14 heteroatoms. The summed E-state index contributed by atoms with van der Waals surface area (Å²) in [4.78, 5) is 58.7. The number of carboxylic acid groups (broad SMARTS) is 1. The van der Waals surface area contributed by atoms with E-state index in [1.807, 2.05) is 0 Å². The molecule has 0 aromatic heterocycles. The highest BCUT2D eigenvalue weighted by Crippen LogP contribution is 2.03. The Morgan fingerprint density at radius 1 is 0.774 bits per heavy atom. The first kappa shape index (κ1) is 28.2. The number of unbranched alkanes of at least 4 members (excludes halogenated alkanes) is 1. The molecule has 0 aliphatic heterocycles. The first-order chi connectivity index (χ1) is 14.6. The topological polar surface area (TPSA) is 260 Å². The highest BCUT2D eigenvalue weighted by Gasteiger charge is 2.29. The van der Waals surface area contributed by atoms with Crippen LogP contribution in [0.3, 0.4) is 0 Å². The molecule has 14 nitrogen and oxygen atoms in total. The molecule has 0 aromatic rings. The molecule has 0 fully saturated rings. The Morgan fingerprint density at radius 3 is 1.77 bits per heavy atom. The van der Waals surface area contributed by atoms with E-state index in [0.717, 1.165) is 0 Å². The number of aliphatic carboxylic acids is 1. The van der Waals surface area contributed by atoms with Crippen LogP contribution >= 0.6 is 0 Å². The average molecular weight is 448 g/mol. The van der Waals surface area contributed by atoms with Gasteiger partial charge in [-0.25, -0.2) is 4.79 Å². The lowest BCUT2D eigenvalue weighted by molar-refractivity contribution is -0.143. The average Bonchev–Trinajstić information content (AvgIpc) is 2.72. The SMILES string of the molecule is NCCCCC(NC(=O)C(CO)NC(=O)C(N)CCC(N)=O)C(=O)NC(CO)C(=O)O. The number of rotatable bonds is 16. The Morgan fingerprint density at radius 2 is 1.29 bits per heavy atom. The molecule has 178 valence electrons. The maximum absolute atomic E-state index is 12.5. The van der Waals surface area contributed by atoms with Gasteiger partial charge in [-0.15, -0.1) is 0 Å². The van der Waals surface area contributed by atoms with Crippen molar-refractivity contribution < 1.29 is 39.3 Å². The number of hydrogen-bond acceptors (Lipinski definition) is 9. The van der Waals surface area contributed by atoms with Crippen molar-refractivity contribution in [3.63, 3.8) is 0 Å². The minimum atomic E-state index is -1.57. The Labute approximate surface area is 178 Å². The van der Waals surface area contributed by atoms with Crippen molar-refractivity contribution >= 4 is 29.6 Å². The summed E-state index contributed by atoms with van der Waals surface area (Å²) in [6, 6.07) is -5.39. The Bertz CT molecular complexity index is 632. The molecule has 0 bridgehead atoms. The van der Waals surface area contributed by atoms with E-state index in [1.165, 1.54) is 0 Å². The van der Waals surface area contributed by atoms with Crippen molar-refractivity contribution in [1.82, 2.24) is 16.0 Å². The number of nitrogens with two attached hydrogens (primary N) is 3. The van der Waals surface area contributed by atoms with Crippen molar-refractivity contribution in [3.8, 4) is 0 Å². The summed E-state index contributed by atoms with van der Waals surface area (Å²) in [6.07, 6.45) is 0.819. The minimum absolute atomic E-state index is 0.0667. The fourth-order valence-corrected chi connectivity index (χ4v) is 2.39. The van der Waals surface area contributed by atoms with E-state index in [0.29, 0.717) is 19.4 Å². The van der Waals surface area contributed by atoms with Gasteiger partial charge in [-0.1, -0.05) is 0 Å². The lowest BCUT2D eigenvalue weighted by atomic mass is 10.1. The molecule has 0 saturated carbocycles. The molecule has 31 heavy (non-hydrogen) atoms. The predicted molar refractivity (Wildman–Crippen MR) is 107 cm³/mol. The van der Waals surface area contributed by atoms with Crippen LogP contribution in [-0.4, -0.2) is 88.8 Å². The standard InChI is InChI=1S/C17H32N6O8/c18-6-2-1-3-10(15(28)23-12(8-25)17(30)31)21-16(29)11(7-24)22-14(27)9(19)4-5-13(20)26/h9-12,24-25H,1-8,18-19H2,(H2,20,26)(H,21,29)(H,22,27)(H,23,28)(H,30,31). The largest absolute Gasteiger partial charge is 0.480 e. The predicted octanol–water partition coefficient (Wildman–Crippen LogP) is -4.77. The molecule has 0 aromatic carbocycles. The zero-order valence-electron chi connectivity index (χ0n) is 17.1. The lowest BCUT2D eigenvalue weighted by Crippen LogP contribution is -2.58. The summed E-state index contributed by atoms with van der Waals surface area (Å²) >= 11 is 0. The summed E-state index contributed by atoms with van der Waals surface area (Å²) in [5.74, 6) is -4.72. The molecule has 4 atom stereocenters. The van der Waals surface area contributed by atoms with Gasteiger partial charge in [-0.3, -0.25) is 19.2 Å². The Hall–Kier alpha value is -2.81. The molecule has 0 rings (SSSR count). The highest BCUT2D eigenvalue weighted by atomic mass is 16.4. The van der Waals surface area contributed by atoms with Crippen molar-refractivity contribution in [2.24, 2.45) is 17.2 Å². The molecule has 12 N–H and O–H groups in total. The van der Waals surface area contributed by atoms with Gasteiger partial charge in [-0.05, 0) is 32.2 Å². The number of amides is 4. The normalized spacial score (nSPS) is 14.6. The van der Waals surface area contributed by atoms with Crippen molar-refractivity contribution in [3.05, 3.63) is 0 Å². The van der Waals surface area contributed by atoms with Gasteiger partial charge in [0, 0.05) is 6.42 Å². The Kier molecular flexibility index (Phi) is 13.7. The van der Waals surface area contributed by atoms with E-state index < -0.39 is 67.0 Å². The van der Waals surface area contributed by atoms with Crippen LogP contribution in [-0.2, 0) is 24.0 Å². The third-order valence-electron chi connectivity index (χ3n) is 4.23. The molecule has 0 spiro atoms. The van der Waals surface area contributed by atoms with Gasteiger partial charge in [0.1, 0.15) is 18.1 Å². The van der Waals surface area contributed by atoms with Gasteiger partial charge < -0.3 is 48.5 Å². The van der Waals surface area contributed by atoms with Crippen molar-refractivity contribution in [2.45, 2.75) is 56.3 Å². The zero-order chi connectivity index (χ0) is 24.0. The second-order valence-electron chi connectivity index (χ2n) is 6.78. The van der Waals surface area contributed by atoms with E-state index in [9.17, 15) is 29.1 Å². The van der Waals surface area contributed by atoms with E-state index in [-0.39, 0.29) is 19.3 Å². The monoisotopic (exact) mass is 448 g/mol. The fourth-order valence-electron chi connectivity index (χ4n) is 2.39. The maximum Gasteiger partial charge on any atom is 0.328 e. The quantitative estimate of drug-likeness (QED) is 0.102. The summed E-state index contributed by atoms with van der Waals surface area (Å²) in [5.41, 5.74) is 16.0. The van der Waals surface area contributed by atoms with Crippen LogP contribution in [0.1, 0.15) is 32.1 Å². The van der Waals surface area contributed by atoms with Gasteiger partial charge in [0.2, 0.25) is 23.6 Å². The number of carboxylic acids is 1.